The van der Waals surface area contributed by atoms with E-state index in [-0.39, 0.29) is 0 Å². The van der Waals surface area contributed by atoms with Gasteiger partial charge in [-0.1, -0.05) is 41.5 Å². The lowest BCUT2D eigenvalue weighted by molar-refractivity contribution is 0.669. The highest BCUT2D eigenvalue weighted by atomic mass is 32.1. The largest absolute Gasteiger partial charge is 0.456 e. The van der Waals surface area contributed by atoms with Gasteiger partial charge in [-0.25, -0.2) is 0 Å². The number of thiophene rings is 1. The van der Waals surface area contributed by atoms with Crippen LogP contribution in [-0.4, -0.2) is 4.98 Å². The Morgan fingerprint density at radius 1 is 0.733 bits per heavy atom. The first kappa shape index (κ1) is 17.4. The van der Waals surface area contributed by atoms with Crippen molar-refractivity contribution in [1.29, 1.82) is 0 Å². The fourth-order valence-electron chi connectivity index (χ4n) is 4.30. The van der Waals surface area contributed by atoms with Crippen LogP contribution in [0, 0.1) is 13.8 Å². The molecule has 2 nitrogen and oxygen atoms in total. The number of pyridine rings is 1. The van der Waals surface area contributed by atoms with E-state index >= 15 is 0 Å². The molecule has 0 bridgehead atoms. The molecule has 0 N–H and O–H groups in total. The van der Waals surface area contributed by atoms with Crippen molar-refractivity contribution >= 4 is 43.4 Å². The minimum atomic E-state index is 0.929. The molecule has 0 aliphatic heterocycles. The SMILES string of the molecule is Cc1cc(C)cc(-c2nccc3cc(-c4ccc5c(c4)oc4ccccc45)sc23)c1. The van der Waals surface area contributed by atoms with E-state index < -0.39 is 0 Å². The van der Waals surface area contributed by atoms with Crippen molar-refractivity contribution in [2.45, 2.75) is 13.8 Å². The number of benzene rings is 3. The number of para-hydroxylation sites is 1. The van der Waals surface area contributed by atoms with Gasteiger partial charge < -0.3 is 4.42 Å². The van der Waals surface area contributed by atoms with Crippen molar-refractivity contribution in [2.75, 3.05) is 0 Å². The van der Waals surface area contributed by atoms with E-state index in [1.54, 1.807) is 11.3 Å². The molecule has 144 valence electrons. The van der Waals surface area contributed by atoms with E-state index in [4.69, 9.17) is 9.40 Å². The van der Waals surface area contributed by atoms with Gasteiger partial charge in [-0.15, -0.1) is 11.3 Å². The molecule has 3 aromatic carbocycles. The summed E-state index contributed by atoms with van der Waals surface area (Å²) in [6.07, 6.45) is 1.91. The Hall–Kier alpha value is -3.43. The Labute approximate surface area is 178 Å². The maximum Gasteiger partial charge on any atom is 0.136 e. The summed E-state index contributed by atoms with van der Waals surface area (Å²) >= 11 is 1.79. The zero-order chi connectivity index (χ0) is 20.2. The molecule has 6 rings (SSSR count). The average molecular weight is 406 g/mol. The van der Waals surface area contributed by atoms with Crippen LogP contribution in [0.4, 0.5) is 0 Å². The summed E-state index contributed by atoms with van der Waals surface area (Å²) in [6, 6.07) is 25.7. The molecule has 0 amide bonds. The summed E-state index contributed by atoms with van der Waals surface area (Å²) in [5, 5.41) is 3.55. The molecule has 0 aliphatic rings. The Morgan fingerprint density at radius 2 is 1.53 bits per heavy atom. The number of fused-ring (bicyclic) bond motifs is 4. The van der Waals surface area contributed by atoms with E-state index in [0.717, 1.165) is 27.6 Å². The van der Waals surface area contributed by atoms with Crippen molar-refractivity contribution in [3.05, 3.63) is 90.1 Å². The summed E-state index contributed by atoms with van der Waals surface area (Å²) < 4.78 is 7.32. The van der Waals surface area contributed by atoms with Crippen LogP contribution in [0.3, 0.4) is 0 Å². The Kier molecular flexibility index (Phi) is 3.80. The second kappa shape index (κ2) is 6.54. The lowest BCUT2D eigenvalue weighted by Gasteiger charge is -2.05. The number of aromatic nitrogens is 1. The quantitative estimate of drug-likeness (QED) is 0.290. The molecule has 3 aromatic heterocycles. The summed E-state index contributed by atoms with van der Waals surface area (Å²) in [5.74, 6) is 0. The highest BCUT2D eigenvalue weighted by Gasteiger charge is 2.13. The molecule has 0 saturated heterocycles. The highest BCUT2D eigenvalue weighted by molar-refractivity contribution is 7.22. The second-order valence-corrected chi connectivity index (χ2v) is 8.93. The minimum absolute atomic E-state index is 0.929. The Morgan fingerprint density at radius 3 is 2.40 bits per heavy atom. The van der Waals surface area contributed by atoms with Crippen molar-refractivity contribution in [3.63, 3.8) is 0 Å². The second-order valence-electron chi connectivity index (χ2n) is 7.87. The van der Waals surface area contributed by atoms with Crippen molar-refractivity contribution in [3.8, 4) is 21.7 Å². The maximum absolute atomic E-state index is 6.10. The molecule has 0 fully saturated rings. The molecule has 30 heavy (non-hydrogen) atoms. The first-order valence-electron chi connectivity index (χ1n) is 10.0. The van der Waals surface area contributed by atoms with E-state index in [1.165, 1.54) is 37.2 Å². The summed E-state index contributed by atoms with van der Waals surface area (Å²) in [5.41, 5.74) is 7.79. The number of rotatable bonds is 2. The van der Waals surface area contributed by atoms with Gasteiger partial charge in [0.1, 0.15) is 11.2 Å². The number of aryl methyl sites for hydroxylation is 2. The van der Waals surface area contributed by atoms with Crippen LogP contribution < -0.4 is 0 Å². The topological polar surface area (TPSA) is 26.0 Å². The molecule has 6 aromatic rings. The van der Waals surface area contributed by atoms with Crippen molar-refractivity contribution in [1.82, 2.24) is 4.98 Å². The molecule has 0 atom stereocenters. The predicted molar refractivity (Wildman–Crippen MR) is 127 cm³/mol. The van der Waals surface area contributed by atoms with Crippen LogP contribution in [0.15, 0.2) is 83.4 Å². The zero-order valence-electron chi connectivity index (χ0n) is 16.8. The Balaban J connectivity index is 1.52. The third-order valence-electron chi connectivity index (χ3n) is 5.59. The molecule has 3 heterocycles. The van der Waals surface area contributed by atoms with Crippen molar-refractivity contribution < 1.29 is 4.42 Å². The van der Waals surface area contributed by atoms with Gasteiger partial charge in [0, 0.05) is 27.4 Å². The van der Waals surface area contributed by atoms with Crippen LogP contribution in [0.5, 0.6) is 0 Å². The van der Waals surface area contributed by atoms with Gasteiger partial charge >= 0.3 is 0 Å². The first-order valence-corrected chi connectivity index (χ1v) is 10.9. The number of hydrogen-bond donors (Lipinski definition) is 0. The van der Waals surface area contributed by atoms with Gasteiger partial charge in [-0.05, 0) is 67.3 Å². The molecular weight excluding hydrogens is 386 g/mol. The van der Waals surface area contributed by atoms with E-state index in [0.29, 0.717) is 0 Å². The third-order valence-corrected chi connectivity index (χ3v) is 6.80. The third kappa shape index (κ3) is 2.74. The van der Waals surface area contributed by atoms with Gasteiger partial charge in [0.15, 0.2) is 0 Å². The number of furan rings is 1. The lowest BCUT2D eigenvalue weighted by Crippen LogP contribution is -1.86. The first-order chi connectivity index (χ1) is 14.7. The minimum Gasteiger partial charge on any atom is -0.456 e. The predicted octanol–water partition coefficient (Wildman–Crippen LogP) is 8.15. The van der Waals surface area contributed by atoms with Crippen molar-refractivity contribution in [2.24, 2.45) is 0 Å². The van der Waals surface area contributed by atoms with Gasteiger partial charge in [0.05, 0.1) is 10.4 Å². The van der Waals surface area contributed by atoms with Gasteiger partial charge in [0.2, 0.25) is 0 Å². The fourth-order valence-corrected chi connectivity index (χ4v) is 5.47. The molecular formula is C27H19NOS. The van der Waals surface area contributed by atoms with E-state index in [2.05, 4.69) is 74.5 Å². The smallest absolute Gasteiger partial charge is 0.136 e. The number of nitrogens with zero attached hydrogens (tertiary/aromatic N) is 1. The summed E-state index contributed by atoms with van der Waals surface area (Å²) in [4.78, 5) is 5.96. The monoisotopic (exact) mass is 405 g/mol. The van der Waals surface area contributed by atoms with Gasteiger partial charge in [-0.3, -0.25) is 4.98 Å². The molecule has 0 spiro atoms. The Bertz CT molecular complexity index is 1550. The van der Waals surface area contributed by atoms with E-state index in [9.17, 15) is 0 Å². The van der Waals surface area contributed by atoms with Crippen LogP contribution in [-0.2, 0) is 0 Å². The lowest BCUT2D eigenvalue weighted by atomic mass is 10.0. The molecule has 0 radical (unpaired) electrons. The highest BCUT2D eigenvalue weighted by Crippen LogP contribution is 2.40. The van der Waals surface area contributed by atoms with Crippen LogP contribution in [0.2, 0.25) is 0 Å². The van der Waals surface area contributed by atoms with Crippen LogP contribution >= 0.6 is 11.3 Å². The molecule has 0 unspecified atom stereocenters. The standard InChI is InChI=1S/C27H19NOS/c1-16-11-17(2)13-20(12-16)26-27-19(9-10-28-26)15-25(30-27)18-7-8-22-21-5-3-4-6-23(21)29-24(22)14-18/h3-15H,1-2H3. The summed E-state index contributed by atoms with van der Waals surface area (Å²) in [7, 11) is 0. The molecule has 0 saturated carbocycles. The normalized spacial score (nSPS) is 11.7. The summed E-state index contributed by atoms with van der Waals surface area (Å²) in [6.45, 7) is 4.28. The van der Waals surface area contributed by atoms with Gasteiger partial charge in [0.25, 0.3) is 0 Å². The average Bonchev–Trinajstić information content (AvgIpc) is 3.33. The van der Waals surface area contributed by atoms with E-state index in [1.807, 2.05) is 18.3 Å². The van der Waals surface area contributed by atoms with Crippen LogP contribution in [0.1, 0.15) is 11.1 Å². The molecule has 0 aliphatic carbocycles. The van der Waals surface area contributed by atoms with Gasteiger partial charge in [-0.2, -0.15) is 0 Å². The fraction of sp³-hybridized carbons (Fsp3) is 0.0741. The number of hydrogen-bond acceptors (Lipinski definition) is 3. The van der Waals surface area contributed by atoms with Crippen LogP contribution in [0.25, 0.3) is 53.7 Å². The zero-order valence-corrected chi connectivity index (χ0v) is 17.6. The maximum atomic E-state index is 6.10. The molecule has 3 heteroatoms.